The zero-order valence-electron chi connectivity index (χ0n) is 19.1. The van der Waals surface area contributed by atoms with E-state index in [4.69, 9.17) is 14.2 Å². The van der Waals surface area contributed by atoms with Gasteiger partial charge in [0.25, 0.3) is 0 Å². The Morgan fingerprint density at radius 2 is 0.914 bits per heavy atom. The molecule has 0 amide bonds. The Morgan fingerprint density at radius 3 is 1.37 bits per heavy atom. The molecule has 0 aliphatic carbocycles. The van der Waals surface area contributed by atoms with Crippen LogP contribution in [0.25, 0.3) is 43.1 Å². The standard InChI is InChI=1S/C32H22O3/c1-3-7-21-15-27-23(13-19(21)5-1)17-29(31-25(27)9-11-33-31)35-30-18-24-14-20-6-2-4-8-22(20)16-28(24)26-10-12-34-32(26)30/h1-8,13-18H,9-12H2. The van der Waals surface area contributed by atoms with Crippen LogP contribution >= 0.6 is 0 Å². The molecule has 0 aromatic heterocycles. The molecule has 0 radical (unpaired) electrons. The summed E-state index contributed by atoms with van der Waals surface area (Å²) in [5, 5.41) is 9.79. The molecular weight excluding hydrogens is 432 g/mol. The molecule has 6 aromatic carbocycles. The third kappa shape index (κ3) is 2.85. The van der Waals surface area contributed by atoms with E-state index in [-0.39, 0.29) is 0 Å². The molecule has 0 unspecified atom stereocenters. The van der Waals surface area contributed by atoms with Crippen LogP contribution in [-0.4, -0.2) is 13.2 Å². The minimum Gasteiger partial charge on any atom is -0.489 e. The molecular formula is C32H22O3. The van der Waals surface area contributed by atoms with Gasteiger partial charge >= 0.3 is 0 Å². The van der Waals surface area contributed by atoms with Crippen LogP contribution in [0.15, 0.2) is 84.9 Å². The van der Waals surface area contributed by atoms with Crippen molar-refractivity contribution in [2.75, 3.05) is 13.2 Å². The highest BCUT2D eigenvalue weighted by Crippen LogP contribution is 2.48. The Hall–Kier alpha value is -4.24. The van der Waals surface area contributed by atoms with E-state index < -0.39 is 0 Å². The molecule has 0 spiro atoms. The van der Waals surface area contributed by atoms with Crippen LogP contribution in [0, 0.1) is 0 Å². The molecule has 0 saturated heterocycles. The van der Waals surface area contributed by atoms with Gasteiger partial charge in [-0.15, -0.1) is 0 Å². The lowest BCUT2D eigenvalue weighted by molar-refractivity contribution is 0.322. The molecule has 0 N–H and O–H groups in total. The zero-order chi connectivity index (χ0) is 22.9. The molecule has 3 nitrogen and oxygen atoms in total. The van der Waals surface area contributed by atoms with Crippen LogP contribution in [0.4, 0.5) is 0 Å². The highest BCUT2D eigenvalue weighted by molar-refractivity contribution is 6.03. The van der Waals surface area contributed by atoms with E-state index in [1.165, 1.54) is 54.2 Å². The normalized spacial score (nSPS) is 14.3. The average molecular weight is 455 g/mol. The summed E-state index contributed by atoms with van der Waals surface area (Å²) in [4.78, 5) is 0. The van der Waals surface area contributed by atoms with E-state index >= 15 is 0 Å². The molecule has 2 aliphatic heterocycles. The third-order valence-corrected chi connectivity index (χ3v) is 7.47. The van der Waals surface area contributed by atoms with Gasteiger partial charge in [0.15, 0.2) is 23.0 Å². The number of hydrogen-bond donors (Lipinski definition) is 0. The third-order valence-electron chi connectivity index (χ3n) is 7.47. The lowest BCUT2D eigenvalue weighted by atomic mass is 9.97. The van der Waals surface area contributed by atoms with Crippen LogP contribution in [0.5, 0.6) is 23.0 Å². The summed E-state index contributed by atoms with van der Waals surface area (Å²) < 4.78 is 18.9. The second-order valence-electron chi connectivity index (χ2n) is 9.50. The van der Waals surface area contributed by atoms with Gasteiger partial charge in [0.2, 0.25) is 0 Å². The summed E-state index contributed by atoms with van der Waals surface area (Å²) in [6.07, 6.45) is 1.78. The van der Waals surface area contributed by atoms with Gasteiger partial charge in [-0.2, -0.15) is 0 Å². The van der Waals surface area contributed by atoms with Gasteiger partial charge in [-0.1, -0.05) is 48.5 Å². The van der Waals surface area contributed by atoms with Gasteiger partial charge in [-0.3, -0.25) is 0 Å². The van der Waals surface area contributed by atoms with Crippen molar-refractivity contribution in [2.24, 2.45) is 0 Å². The number of fused-ring (bicyclic) bond motifs is 8. The predicted molar refractivity (Wildman–Crippen MR) is 141 cm³/mol. The summed E-state index contributed by atoms with van der Waals surface area (Å²) >= 11 is 0. The van der Waals surface area contributed by atoms with E-state index in [0.717, 1.165) is 35.8 Å². The number of ether oxygens (including phenoxy) is 3. The molecule has 6 aromatic rings. The van der Waals surface area contributed by atoms with Crippen molar-refractivity contribution in [3.8, 4) is 23.0 Å². The molecule has 35 heavy (non-hydrogen) atoms. The van der Waals surface area contributed by atoms with Crippen molar-refractivity contribution in [3.63, 3.8) is 0 Å². The maximum Gasteiger partial charge on any atom is 0.170 e. The maximum atomic E-state index is 6.65. The van der Waals surface area contributed by atoms with Gasteiger partial charge in [0.05, 0.1) is 13.2 Å². The number of hydrogen-bond acceptors (Lipinski definition) is 3. The van der Waals surface area contributed by atoms with Crippen LogP contribution in [0.1, 0.15) is 11.1 Å². The molecule has 0 atom stereocenters. The van der Waals surface area contributed by atoms with Crippen molar-refractivity contribution in [1.29, 1.82) is 0 Å². The summed E-state index contributed by atoms with van der Waals surface area (Å²) in [5.74, 6) is 3.24. The topological polar surface area (TPSA) is 27.7 Å². The van der Waals surface area contributed by atoms with Crippen molar-refractivity contribution < 1.29 is 14.2 Å². The van der Waals surface area contributed by atoms with Gasteiger partial charge in [0, 0.05) is 24.0 Å². The van der Waals surface area contributed by atoms with Crippen molar-refractivity contribution >= 4 is 43.1 Å². The van der Waals surface area contributed by atoms with Crippen LogP contribution < -0.4 is 14.2 Å². The molecule has 0 bridgehead atoms. The first-order valence-electron chi connectivity index (χ1n) is 12.2. The van der Waals surface area contributed by atoms with Crippen molar-refractivity contribution in [3.05, 3.63) is 96.1 Å². The first-order valence-corrected chi connectivity index (χ1v) is 12.2. The maximum absolute atomic E-state index is 6.65. The van der Waals surface area contributed by atoms with Crippen LogP contribution in [0.2, 0.25) is 0 Å². The Bertz CT molecular complexity index is 1700. The Balaban J connectivity index is 1.34. The molecule has 3 heteroatoms. The molecule has 0 fully saturated rings. The van der Waals surface area contributed by atoms with E-state index in [9.17, 15) is 0 Å². The fourth-order valence-electron chi connectivity index (χ4n) is 5.83. The fourth-order valence-corrected chi connectivity index (χ4v) is 5.83. The highest BCUT2D eigenvalue weighted by Gasteiger charge is 2.26. The summed E-state index contributed by atoms with van der Waals surface area (Å²) in [6, 6.07) is 30.3. The zero-order valence-corrected chi connectivity index (χ0v) is 19.1. The summed E-state index contributed by atoms with van der Waals surface area (Å²) in [7, 11) is 0. The average Bonchev–Trinajstić information content (AvgIpc) is 3.58. The van der Waals surface area contributed by atoms with Crippen LogP contribution in [0.3, 0.4) is 0 Å². The molecule has 2 heterocycles. The monoisotopic (exact) mass is 454 g/mol. The number of benzene rings is 6. The lowest BCUT2D eigenvalue weighted by Crippen LogP contribution is -1.94. The summed E-state index contributed by atoms with van der Waals surface area (Å²) in [6.45, 7) is 1.35. The first-order chi connectivity index (χ1) is 17.3. The molecule has 0 saturated carbocycles. The second kappa shape index (κ2) is 7.13. The Kier molecular flexibility index (Phi) is 3.89. The lowest BCUT2D eigenvalue weighted by Gasteiger charge is -2.16. The minimum absolute atomic E-state index is 0.677. The van der Waals surface area contributed by atoms with E-state index in [2.05, 4.69) is 84.9 Å². The van der Waals surface area contributed by atoms with Crippen molar-refractivity contribution in [2.45, 2.75) is 12.8 Å². The first kappa shape index (κ1) is 19.1. The minimum atomic E-state index is 0.677. The SMILES string of the molecule is c1ccc2cc3c4c(c(Oc5cc6cc7ccccc7cc6c6c5OCC6)cc3cc2c1)OCC4. The van der Waals surface area contributed by atoms with E-state index in [0.29, 0.717) is 13.2 Å². The largest absolute Gasteiger partial charge is 0.489 e. The Morgan fingerprint density at radius 1 is 0.486 bits per heavy atom. The van der Waals surface area contributed by atoms with Gasteiger partial charge in [0.1, 0.15) is 0 Å². The summed E-state index contributed by atoms with van der Waals surface area (Å²) in [5.41, 5.74) is 2.46. The molecule has 2 aliphatic rings. The van der Waals surface area contributed by atoms with Crippen LogP contribution in [-0.2, 0) is 12.8 Å². The smallest absolute Gasteiger partial charge is 0.170 e. The van der Waals surface area contributed by atoms with Gasteiger partial charge in [-0.25, -0.2) is 0 Å². The highest BCUT2D eigenvalue weighted by atomic mass is 16.5. The second-order valence-corrected chi connectivity index (χ2v) is 9.50. The van der Waals surface area contributed by atoms with Gasteiger partial charge in [-0.05, 0) is 79.5 Å². The Labute approximate surface area is 202 Å². The molecule has 8 rings (SSSR count). The number of rotatable bonds is 2. The van der Waals surface area contributed by atoms with Crippen molar-refractivity contribution in [1.82, 2.24) is 0 Å². The quantitative estimate of drug-likeness (QED) is 0.248. The van der Waals surface area contributed by atoms with Gasteiger partial charge < -0.3 is 14.2 Å². The molecule has 168 valence electrons. The predicted octanol–water partition coefficient (Wildman–Crippen LogP) is 7.96. The van der Waals surface area contributed by atoms with E-state index in [1.54, 1.807) is 0 Å². The fraction of sp³-hybridized carbons (Fsp3) is 0.125. The van der Waals surface area contributed by atoms with E-state index in [1.807, 2.05) is 0 Å².